The molecule has 20 heavy (non-hydrogen) atoms. The van der Waals surface area contributed by atoms with E-state index in [2.05, 4.69) is 4.98 Å². The van der Waals surface area contributed by atoms with Gasteiger partial charge in [-0.2, -0.15) is 12.7 Å². The minimum absolute atomic E-state index is 0.285. The summed E-state index contributed by atoms with van der Waals surface area (Å²) in [7, 11) is -2.02. The number of aromatic nitrogens is 2. The van der Waals surface area contributed by atoms with Gasteiger partial charge in [-0.1, -0.05) is 30.3 Å². The Labute approximate surface area is 118 Å². The van der Waals surface area contributed by atoms with Crippen LogP contribution in [0.4, 0.5) is 0 Å². The van der Waals surface area contributed by atoms with Crippen molar-refractivity contribution in [3.63, 3.8) is 0 Å². The Morgan fingerprint density at radius 1 is 1.30 bits per heavy atom. The Balaban J connectivity index is 1.80. The second-order valence-corrected chi connectivity index (χ2v) is 6.20. The van der Waals surface area contributed by atoms with Gasteiger partial charge in [0.15, 0.2) is 0 Å². The number of rotatable bonds is 7. The van der Waals surface area contributed by atoms with Gasteiger partial charge in [0.1, 0.15) is 6.33 Å². The molecule has 0 N–H and O–H groups in total. The first-order valence-corrected chi connectivity index (χ1v) is 7.57. The molecule has 0 aliphatic carbocycles. The molecule has 0 spiro atoms. The average Bonchev–Trinajstić information content (AvgIpc) is 2.99. The fourth-order valence-corrected chi connectivity index (χ4v) is 2.63. The highest BCUT2D eigenvalue weighted by molar-refractivity contribution is 7.87. The second kappa shape index (κ2) is 6.65. The van der Waals surface area contributed by atoms with Gasteiger partial charge in [-0.15, -0.1) is 0 Å². The van der Waals surface area contributed by atoms with Crippen molar-refractivity contribution >= 4 is 10.2 Å². The van der Waals surface area contributed by atoms with E-state index in [0.717, 1.165) is 9.54 Å². The third-order valence-corrected chi connectivity index (χ3v) is 4.52. The molecule has 7 heteroatoms. The summed E-state index contributed by atoms with van der Waals surface area (Å²) in [4.78, 5) is 3.73. The lowest BCUT2D eigenvalue weighted by Gasteiger charge is -2.17. The summed E-state index contributed by atoms with van der Waals surface area (Å²) in [6.45, 7) is 1.09. The number of benzene rings is 1. The molecule has 2 aromatic rings. The fourth-order valence-electron chi connectivity index (χ4n) is 1.62. The molecule has 0 saturated heterocycles. The number of nitrogens with zero attached hydrogens (tertiary/aromatic N) is 3. The van der Waals surface area contributed by atoms with Crippen molar-refractivity contribution in [3.8, 4) is 0 Å². The molecule has 0 unspecified atom stereocenters. The highest BCUT2D eigenvalue weighted by Gasteiger charge is 2.18. The quantitative estimate of drug-likeness (QED) is 0.718. The average molecular weight is 295 g/mol. The van der Waals surface area contributed by atoms with Crippen molar-refractivity contribution in [2.75, 3.05) is 20.2 Å². The van der Waals surface area contributed by atoms with Gasteiger partial charge in [0, 0.05) is 26.0 Å². The molecule has 0 fully saturated rings. The van der Waals surface area contributed by atoms with Crippen LogP contribution in [0.15, 0.2) is 49.1 Å². The first-order chi connectivity index (χ1) is 9.60. The highest BCUT2D eigenvalue weighted by atomic mass is 32.2. The largest absolute Gasteiger partial charge is 0.375 e. The Hall–Kier alpha value is -1.70. The summed E-state index contributed by atoms with van der Waals surface area (Å²) in [6.07, 6.45) is 4.09. The molecule has 0 bridgehead atoms. The molecule has 0 radical (unpaired) electrons. The maximum Gasteiger partial charge on any atom is 0.308 e. The zero-order valence-corrected chi connectivity index (χ0v) is 12.0. The number of hydrogen-bond acceptors (Lipinski definition) is 4. The monoisotopic (exact) mass is 295 g/mol. The summed E-state index contributed by atoms with van der Waals surface area (Å²) in [5.41, 5.74) is 1.06. The van der Waals surface area contributed by atoms with Crippen molar-refractivity contribution in [1.29, 1.82) is 0 Å². The summed E-state index contributed by atoms with van der Waals surface area (Å²) >= 11 is 0. The molecular weight excluding hydrogens is 278 g/mol. The van der Waals surface area contributed by atoms with E-state index in [4.69, 9.17) is 4.74 Å². The van der Waals surface area contributed by atoms with Gasteiger partial charge in [0.25, 0.3) is 0 Å². The van der Waals surface area contributed by atoms with Gasteiger partial charge in [0.05, 0.1) is 13.2 Å². The van der Waals surface area contributed by atoms with E-state index in [1.807, 2.05) is 30.3 Å². The predicted octanol–water partition coefficient (Wildman–Crippen LogP) is 1.12. The number of ether oxygens (including phenoxy) is 1. The molecule has 0 amide bonds. The molecule has 1 aromatic carbocycles. The van der Waals surface area contributed by atoms with Crippen LogP contribution >= 0.6 is 0 Å². The van der Waals surface area contributed by atoms with Crippen molar-refractivity contribution < 1.29 is 13.2 Å². The van der Waals surface area contributed by atoms with Crippen LogP contribution in [0.5, 0.6) is 0 Å². The van der Waals surface area contributed by atoms with Gasteiger partial charge in [-0.05, 0) is 5.56 Å². The first-order valence-electron chi connectivity index (χ1n) is 6.17. The highest BCUT2D eigenvalue weighted by Crippen LogP contribution is 2.04. The topological polar surface area (TPSA) is 64.4 Å². The van der Waals surface area contributed by atoms with Crippen LogP contribution in [-0.2, 0) is 21.6 Å². The molecule has 108 valence electrons. The van der Waals surface area contributed by atoms with Crippen molar-refractivity contribution in [2.24, 2.45) is 0 Å². The van der Waals surface area contributed by atoms with E-state index in [0.29, 0.717) is 13.2 Å². The van der Waals surface area contributed by atoms with Gasteiger partial charge in [0.2, 0.25) is 0 Å². The normalized spacial score (nSPS) is 11.9. The zero-order valence-electron chi connectivity index (χ0n) is 11.2. The van der Waals surface area contributed by atoms with E-state index in [-0.39, 0.29) is 6.54 Å². The first kappa shape index (κ1) is 14.7. The lowest BCUT2D eigenvalue weighted by atomic mass is 10.2. The Morgan fingerprint density at radius 2 is 2.05 bits per heavy atom. The van der Waals surface area contributed by atoms with Crippen LogP contribution in [-0.4, -0.2) is 41.9 Å². The summed E-state index contributed by atoms with van der Waals surface area (Å²) in [5, 5.41) is 0. The fraction of sp³-hybridized carbons (Fsp3) is 0.308. The van der Waals surface area contributed by atoms with E-state index in [1.165, 1.54) is 30.1 Å². The molecule has 1 aromatic heterocycles. The second-order valence-electron chi connectivity index (χ2n) is 4.26. The van der Waals surface area contributed by atoms with E-state index >= 15 is 0 Å². The van der Waals surface area contributed by atoms with Crippen LogP contribution < -0.4 is 0 Å². The SMILES string of the molecule is CN(CCOCc1ccccc1)S(=O)(=O)n1ccnc1. The van der Waals surface area contributed by atoms with Crippen LogP contribution in [0.3, 0.4) is 0 Å². The third-order valence-electron chi connectivity index (χ3n) is 2.80. The zero-order chi connectivity index (χ0) is 14.4. The van der Waals surface area contributed by atoms with Gasteiger partial charge < -0.3 is 4.74 Å². The molecule has 0 aliphatic heterocycles. The Morgan fingerprint density at radius 3 is 2.70 bits per heavy atom. The van der Waals surface area contributed by atoms with Gasteiger partial charge in [-0.3, -0.25) is 0 Å². The Kier molecular flexibility index (Phi) is 4.89. The summed E-state index contributed by atoms with van der Waals surface area (Å²) in [5.74, 6) is 0. The molecule has 1 heterocycles. The van der Waals surface area contributed by atoms with Crippen LogP contribution in [0, 0.1) is 0 Å². The maximum atomic E-state index is 12.1. The molecule has 6 nitrogen and oxygen atoms in total. The number of imidazole rings is 1. The maximum absolute atomic E-state index is 12.1. The predicted molar refractivity (Wildman–Crippen MR) is 75.3 cm³/mol. The van der Waals surface area contributed by atoms with Crippen LogP contribution in [0.1, 0.15) is 5.56 Å². The molecule has 0 atom stereocenters. The molecule has 0 aliphatic rings. The lowest BCUT2D eigenvalue weighted by molar-refractivity contribution is 0.113. The third kappa shape index (κ3) is 3.66. The molecule has 2 rings (SSSR count). The minimum Gasteiger partial charge on any atom is -0.375 e. The minimum atomic E-state index is -3.53. The van der Waals surface area contributed by atoms with E-state index in [9.17, 15) is 8.42 Å². The standard InChI is InChI=1S/C13H17N3O3S/c1-15(20(17,18)16-8-7-14-12-16)9-10-19-11-13-5-3-2-4-6-13/h2-8,12H,9-11H2,1H3. The molecular formula is C13H17N3O3S. The van der Waals surface area contributed by atoms with Gasteiger partial charge in [-0.25, -0.2) is 8.96 Å². The van der Waals surface area contributed by atoms with Crippen molar-refractivity contribution in [1.82, 2.24) is 13.3 Å². The van der Waals surface area contributed by atoms with E-state index in [1.54, 1.807) is 0 Å². The van der Waals surface area contributed by atoms with Crippen molar-refractivity contribution in [3.05, 3.63) is 54.6 Å². The molecule has 0 saturated carbocycles. The van der Waals surface area contributed by atoms with Crippen LogP contribution in [0.2, 0.25) is 0 Å². The lowest BCUT2D eigenvalue weighted by Crippen LogP contribution is -2.34. The smallest absolute Gasteiger partial charge is 0.308 e. The summed E-state index contributed by atoms with van der Waals surface area (Å²) in [6, 6.07) is 9.75. The number of hydrogen-bond donors (Lipinski definition) is 0. The van der Waals surface area contributed by atoms with Crippen molar-refractivity contribution in [2.45, 2.75) is 6.61 Å². The van der Waals surface area contributed by atoms with E-state index < -0.39 is 10.2 Å². The summed E-state index contributed by atoms with van der Waals surface area (Å²) < 4.78 is 31.9. The number of likely N-dealkylation sites (N-methyl/N-ethyl adjacent to an activating group) is 1. The Bertz CT molecular complexity index is 612. The van der Waals surface area contributed by atoms with Gasteiger partial charge >= 0.3 is 10.2 Å². The van der Waals surface area contributed by atoms with Crippen LogP contribution in [0.25, 0.3) is 0 Å².